The zero-order valence-electron chi connectivity index (χ0n) is 12.8. The highest BCUT2D eigenvalue weighted by Gasteiger charge is 2.14. The Morgan fingerprint density at radius 1 is 1.21 bits per heavy atom. The third kappa shape index (κ3) is 5.15. The molecule has 2 N–H and O–H groups in total. The second-order valence-corrected chi connectivity index (χ2v) is 6.68. The summed E-state index contributed by atoms with van der Waals surface area (Å²) in [5.74, 6) is -0.308. The van der Waals surface area contributed by atoms with Gasteiger partial charge < -0.3 is 5.32 Å². The maximum absolute atomic E-state index is 12.0. The van der Waals surface area contributed by atoms with Crippen LogP contribution in [0.5, 0.6) is 0 Å². The van der Waals surface area contributed by atoms with Crippen molar-refractivity contribution >= 4 is 21.6 Å². The van der Waals surface area contributed by atoms with E-state index in [4.69, 9.17) is 5.26 Å². The van der Waals surface area contributed by atoms with Crippen LogP contribution in [-0.2, 0) is 21.2 Å². The average molecular weight is 344 g/mol. The lowest BCUT2D eigenvalue weighted by molar-refractivity contribution is -0.116. The number of aromatic nitrogens is 1. The summed E-state index contributed by atoms with van der Waals surface area (Å²) in [7, 11) is -3.66. The van der Waals surface area contributed by atoms with Gasteiger partial charge in [0.05, 0.1) is 12.5 Å². The van der Waals surface area contributed by atoms with Crippen LogP contribution in [-0.4, -0.2) is 25.9 Å². The van der Waals surface area contributed by atoms with Crippen molar-refractivity contribution in [2.45, 2.75) is 17.7 Å². The SMILES string of the molecule is N#CCc1ccc(NC(=O)CCNS(=O)(=O)c2cccnc2)cc1. The molecule has 0 aliphatic rings. The molecule has 24 heavy (non-hydrogen) atoms. The Morgan fingerprint density at radius 3 is 2.58 bits per heavy atom. The largest absolute Gasteiger partial charge is 0.326 e. The number of pyridine rings is 1. The lowest BCUT2D eigenvalue weighted by Gasteiger charge is -2.07. The molecule has 1 heterocycles. The minimum Gasteiger partial charge on any atom is -0.326 e. The Balaban J connectivity index is 1.82. The molecular formula is C16H16N4O3S. The fourth-order valence-electron chi connectivity index (χ4n) is 1.91. The Bertz CT molecular complexity index is 828. The number of hydrogen-bond acceptors (Lipinski definition) is 5. The predicted octanol–water partition coefficient (Wildman–Crippen LogP) is 1.45. The number of amides is 1. The number of rotatable bonds is 7. The molecule has 0 saturated heterocycles. The molecule has 0 saturated carbocycles. The van der Waals surface area contributed by atoms with E-state index >= 15 is 0 Å². The van der Waals surface area contributed by atoms with Gasteiger partial charge in [-0.3, -0.25) is 9.78 Å². The number of nitrogens with one attached hydrogen (secondary N) is 2. The van der Waals surface area contributed by atoms with E-state index in [1.165, 1.54) is 24.5 Å². The molecule has 1 aromatic carbocycles. The lowest BCUT2D eigenvalue weighted by Crippen LogP contribution is -2.27. The lowest BCUT2D eigenvalue weighted by atomic mass is 10.1. The molecule has 0 atom stereocenters. The van der Waals surface area contributed by atoms with E-state index in [1.54, 1.807) is 24.3 Å². The molecule has 1 aromatic heterocycles. The summed E-state index contributed by atoms with van der Waals surface area (Å²) in [6.45, 7) is -0.0183. The fraction of sp³-hybridized carbons (Fsp3) is 0.188. The number of benzene rings is 1. The highest BCUT2D eigenvalue weighted by molar-refractivity contribution is 7.89. The first-order valence-electron chi connectivity index (χ1n) is 7.17. The molecule has 8 heteroatoms. The van der Waals surface area contributed by atoms with E-state index in [0.717, 1.165) is 5.56 Å². The van der Waals surface area contributed by atoms with E-state index in [-0.39, 0.29) is 23.8 Å². The molecule has 0 spiro atoms. The molecule has 2 aromatic rings. The van der Waals surface area contributed by atoms with Gasteiger partial charge in [-0.2, -0.15) is 5.26 Å². The van der Waals surface area contributed by atoms with Gasteiger partial charge in [0.2, 0.25) is 15.9 Å². The first-order chi connectivity index (χ1) is 11.5. The first kappa shape index (κ1) is 17.6. The van der Waals surface area contributed by atoms with Crippen molar-refractivity contribution in [3.8, 4) is 6.07 Å². The van der Waals surface area contributed by atoms with Crippen molar-refractivity contribution < 1.29 is 13.2 Å². The maximum Gasteiger partial charge on any atom is 0.242 e. The first-order valence-corrected chi connectivity index (χ1v) is 8.65. The second-order valence-electron chi connectivity index (χ2n) is 4.92. The van der Waals surface area contributed by atoms with Gasteiger partial charge in [0.15, 0.2) is 0 Å². The molecule has 0 aliphatic heterocycles. The van der Waals surface area contributed by atoms with Crippen LogP contribution in [0.3, 0.4) is 0 Å². The predicted molar refractivity (Wildman–Crippen MR) is 88.4 cm³/mol. The quantitative estimate of drug-likeness (QED) is 0.789. The molecule has 7 nitrogen and oxygen atoms in total. The number of anilines is 1. The van der Waals surface area contributed by atoms with Crippen molar-refractivity contribution in [3.63, 3.8) is 0 Å². The summed E-state index contributed by atoms with van der Waals surface area (Å²) in [5, 5.41) is 11.3. The monoisotopic (exact) mass is 344 g/mol. The van der Waals surface area contributed by atoms with Crippen LogP contribution in [0.25, 0.3) is 0 Å². The molecular weight excluding hydrogens is 328 g/mol. The smallest absolute Gasteiger partial charge is 0.242 e. The van der Waals surface area contributed by atoms with Gasteiger partial charge in [0, 0.05) is 31.0 Å². The van der Waals surface area contributed by atoms with Gasteiger partial charge in [0.25, 0.3) is 0 Å². The highest BCUT2D eigenvalue weighted by atomic mass is 32.2. The van der Waals surface area contributed by atoms with Crippen molar-refractivity contribution in [2.75, 3.05) is 11.9 Å². The zero-order valence-corrected chi connectivity index (χ0v) is 13.6. The highest BCUT2D eigenvalue weighted by Crippen LogP contribution is 2.10. The summed E-state index contributed by atoms with van der Waals surface area (Å²) in [4.78, 5) is 15.6. The summed E-state index contributed by atoms with van der Waals surface area (Å²) in [6, 6.07) is 11.9. The maximum atomic E-state index is 12.0. The van der Waals surface area contributed by atoms with E-state index in [2.05, 4.69) is 15.0 Å². The summed E-state index contributed by atoms with van der Waals surface area (Å²) in [5.41, 5.74) is 1.46. The van der Waals surface area contributed by atoms with Gasteiger partial charge in [-0.1, -0.05) is 12.1 Å². The molecule has 1 amide bonds. The van der Waals surface area contributed by atoms with Crippen LogP contribution < -0.4 is 10.0 Å². The summed E-state index contributed by atoms with van der Waals surface area (Å²) >= 11 is 0. The number of carbonyl (C=O) groups excluding carboxylic acids is 1. The molecule has 124 valence electrons. The summed E-state index contributed by atoms with van der Waals surface area (Å²) in [6.07, 6.45) is 3.03. The number of carbonyl (C=O) groups is 1. The van der Waals surface area contributed by atoms with E-state index < -0.39 is 10.0 Å². The Labute approximate surface area is 140 Å². The zero-order chi connectivity index (χ0) is 17.4. The van der Waals surface area contributed by atoms with Crippen molar-refractivity contribution in [3.05, 3.63) is 54.4 Å². The molecule has 0 fully saturated rings. The van der Waals surface area contributed by atoms with Crippen LogP contribution in [0, 0.1) is 11.3 Å². The van der Waals surface area contributed by atoms with Gasteiger partial charge >= 0.3 is 0 Å². The van der Waals surface area contributed by atoms with Gasteiger partial charge in [-0.15, -0.1) is 0 Å². The van der Waals surface area contributed by atoms with E-state index in [1.807, 2.05) is 6.07 Å². The van der Waals surface area contributed by atoms with Crippen molar-refractivity contribution in [1.29, 1.82) is 5.26 Å². The van der Waals surface area contributed by atoms with E-state index in [9.17, 15) is 13.2 Å². The Morgan fingerprint density at radius 2 is 1.96 bits per heavy atom. The standard InChI is InChI=1S/C16H16N4O3S/c17-9-7-13-3-5-14(6-4-13)20-16(21)8-11-19-24(22,23)15-2-1-10-18-12-15/h1-6,10,12,19H,7-8,11H2,(H,20,21). The minimum absolute atomic E-state index is 0.000556. The summed E-state index contributed by atoms with van der Waals surface area (Å²) < 4.78 is 26.3. The van der Waals surface area contributed by atoms with Crippen LogP contribution in [0.15, 0.2) is 53.7 Å². The molecule has 0 radical (unpaired) electrons. The minimum atomic E-state index is -3.66. The molecule has 0 aliphatic carbocycles. The molecule has 2 rings (SSSR count). The van der Waals surface area contributed by atoms with Gasteiger partial charge in [-0.05, 0) is 29.8 Å². The van der Waals surface area contributed by atoms with Crippen LogP contribution in [0.1, 0.15) is 12.0 Å². The van der Waals surface area contributed by atoms with Crippen molar-refractivity contribution in [1.82, 2.24) is 9.71 Å². The number of sulfonamides is 1. The number of hydrogen-bond donors (Lipinski definition) is 2. The van der Waals surface area contributed by atoms with Gasteiger partial charge in [0.1, 0.15) is 4.90 Å². The average Bonchev–Trinajstić information content (AvgIpc) is 2.57. The number of nitrogens with zero attached hydrogens (tertiary/aromatic N) is 2. The normalized spacial score (nSPS) is 10.8. The molecule has 0 unspecified atom stereocenters. The molecule has 0 bridgehead atoms. The second kappa shape index (κ2) is 8.19. The van der Waals surface area contributed by atoms with Gasteiger partial charge in [-0.25, -0.2) is 13.1 Å². The third-order valence-corrected chi connectivity index (χ3v) is 4.56. The third-order valence-electron chi connectivity index (χ3n) is 3.11. The Hall–Kier alpha value is -2.76. The van der Waals surface area contributed by atoms with Crippen LogP contribution in [0.2, 0.25) is 0 Å². The van der Waals surface area contributed by atoms with Crippen molar-refractivity contribution in [2.24, 2.45) is 0 Å². The fourth-order valence-corrected chi connectivity index (χ4v) is 2.90. The number of nitriles is 1. The van der Waals surface area contributed by atoms with Crippen LogP contribution >= 0.6 is 0 Å². The van der Waals surface area contributed by atoms with Crippen LogP contribution in [0.4, 0.5) is 5.69 Å². The Kier molecular flexibility index (Phi) is 6.01. The topological polar surface area (TPSA) is 112 Å². The van der Waals surface area contributed by atoms with E-state index in [0.29, 0.717) is 12.1 Å².